The number of rotatable bonds is 6. The van der Waals surface area contributed by atoms with Gasteiger partial charge in [-0.1, -0.05) is 13.8 Å². The van der Waals surface area contributed by atoms with E-state index in [2.05, 4.69) is 0 Å². The van der Waals surface area contributed by atoms with Gasteiger partial charge in [0.25, 0.3) is 0 Å². The van der Waals surface area contributed by atoms with Crippen molar-refractivity contribution in [3.05, 3.63) is 47.7 Å². The van der Waals surface area contributed by atoms with Crippen LogP contribution in [0.5, 0.6) is 0 Å². The molecule has 0 saturated carbocycles. The number of nitrogens with zero attached hydrogens (tertiary/aromatic N) is 1. The normalized spacial score (nSPS) is 12.6. The molecule has 2 heterocycles. The first kappa shape index (κ1) is 19.0. The molecule has 0 aliphatic rings. The summed E-state index contributed by atoms with van der Waals surface area (Å²) in [4.78, 5) is 0. The number of hydrogen-bond acceptors (Lipinski definition) is 3. The van der Waals surface area contributed by atoms with Crippen LogP contribution in [-0.4, -0.2) is 17.6 Å². The van der Waals surface area contributed by atoms with Gasteiger partial charge in [-0.25, -0.2) is 8.78 Å². The van der Waals surface area contributed by atoms with Crippen LogP contribution >= 0.6 is 7.60 Å². The van der Waals surface area contributed by atoms with Crippen molar-refractivity contribution < 1.29 is 22.4 Å². The van der Waals surface area contributed by atoms with Crippen molar-refractivity contribution in [1.82, 2.24) is 4.40 Å². The second-order valence-electron chi connectivity index (χ2n) is 6.30. The predicted octanol–water partition coefficient (Wildman–Crippen LogP) is 5.39. The van der Waals surface area contributed by atoms with E-state index in [0.717, 1.165) is 6.07 Å². The Morgan fingerprint density at radius 1 is 1.15 bits per heavy atom. The van der Waals surface area contributed by atoms with Gasteiger partial charge in [0.1, 0.15) is 5.82 Å². The lowest BCUT2D eigenvalue weighted by molar-refractivity contribution is 0.230. The summed E-state index contributed by atoms with van der Waals surface area (Å²) in [6, 6.07) is 5.62. The fourth-order valence-electron chi connectivity index (χ4n) is 3.42. The molecule has 0 atom stereocenters. The molecule has 0 unspecified atom stereocenters. The smallest absolute Gasteiger partial charge is 0.314 e. The van der Waals surface area contributed by atoms with Gasteiger partial charge in [0.2, 0.25) is 0 Å². The lowest BCUT2D eigenvalue weighted by Crippen LogP contribution is -2.20. The zero-order chi connectivity index (χ0) is 19.1. The molecule has 0 fully saturated rings. The molecule has 0 spiro atoms. The van der Waals surface area contributed by atoms with E-state index in [0.29, 0.717) is 11.1 Å². The number of benzene rings is 1. The van der Waals surface area contributed by atoms with Gasteiger partial charge in [-0.3, -0.25) is 4.57 Å². The van der Waals surface area contributed by atoms with E-state index in [4.69, 9.17) is 9.05 Å². The Labute approximate surface area is 151 Å². The van der Waals surface area contributed by atoms with Gasteiger partial charge in [-0.05, 0) is 43.5 Å². The molecule has 0 aliphatic heterocycles. The zero-order valence-electron chi connectivity index (χ0n) is 15.3. The Balaban J connectivity index is 2.60. The van der Waals surface area contributed by atoms with Crippen LogP contribution in [0.3, 0.4) is 0 Å². The zero-order valence-corrected chi connectivity index (χ0v) is 16.1. The lowest BCUT2D eigenvalue weighted by atomic mass is 10.00. The second-order valence-corrected chi connectivity index (χ2v) is 8.26. The maximum Gasteiger partial charge on any atom is 0.362 e. The molecule has 4 nitrogen and oxygen atoms in total. The maximum atomic E-state index is 14.7. The number of halogens is 2. The molecular weight excluding hydrogens is 359 g/mol. The molecule has 0 bridgehead atoms. The molecule has 3 rings (SSSR count). The summed E-state index contributed by atoms with van der Waals surface area (Å²) in [6.07, 6.45) is 1.71. The molecule has 2 aromatic heterocycles. The summed E-state index contributed by atoms with van der Waals surface area (Å²) in [7, 11) is -3.78. The minimum Gasteiger partial charge on any atom is -0.314 e. The van der Waals surface area contributed by atoms with Crippen LogP contribution in [-0.2, 0) is 13.6 Å². The van der Waals surface area contributed by atoms with Crippen LogP contribution in [0.2, 0.25) is 0 Å². The van der Waals surface area contributed by atoms with Gasteiger partial charge in [0.15, 0.2) is 5.82 Å². The monoisotopic (exact) mass is 381 g/mol. The van der Waals surface area contributed by atoms with Crippen molar-refractivity contribution in [3.8, 4) is 0 Å². The molecule has 7 heteroatoms. The van der Waals surface area contributed by atoms with Gasteiger partial charge in [0, 0.05) is 17.6 Å². The number of fused-ring (bicyclic) bond motifs is 3. The highest BCUT2D eigenvalue weighted by Gasteiger charge is 2.35. The standard InChI is InChI=1S/C19H22F2NO3P/c1-5-24-26(23,25-6-2)19-14-10-13(20)11-15(21)18(14)22-9-7-8-16(22)17(19)12(3)4/h7-12H,5-6H2,1-4H3. The number of pyridine rings is 1. The van der Waals surface area contributed by atoms with Crippen LogP contribution < -0.4 is 5.30 Å². The quantitative estimate of drug-likeness (QED) is 0.538. The molecule has 0 N–H and O–H groups in total. The Kier molecular flexibility index (Phi) is 5.20. The van der Waals surface area contributed by atoms with Crippen molar-refractivity contribution in [2.45, 2.75) is 33.6 Å². The third kappa shape index (κ3) is 2.96. The van der Waals surface area contributed by atoms with Gasteiger partial charge < -0.3 is 13.4 Å². The number of aromatic nitrogens is 1. The lowest BCUT2D eigenvalue weighted by Gasteiger charge is -2.25. The molecular formula is C19H22F2NO3P. The summed E-state index contributed by atoms with van der Waals surface area (Å²) >= 11 is 0. The second kappa shape index (κ2) is 7.10. The average Bonchev–Trinajstić information content (AvgIpc) is 3.01. The van der Waals surface area contributed by atoms with E-state index in [1.807, 2.05) is 19.9 Å². The highest BCUT2D eigenvalue weighted by atomic mass is 31.2. The minimum absolute atomic E-state index is 0.0626. The Hall–Kier alpha value is -1.75. The molecule has 0 aliphatic carbocycles. The van der Waals surface area contributed by atoms with Crippen molar-refractivity contribution in [2.24, 2.45) is 0 Å². The summed E-state index contributed by atoms with van der Waals surface area (Å²) in [5.74, 6) is -1.53. The molecule has 0 radical (unpaired) electrons. The highest BCUT2D eigenvalue weighted by Crippen LogP contribution is 2.51. The molecule has 0 saturated heterocycles. The molecule has 26 heavy (non-hydrogen) atoms. The van der Waals surface area contributed by atoms with Crippen molar-refractivity contribution in [2.75, 3.05) is 13.2 Å². The SMILES string of the molecule is CCOP(=O)(OCC)c1c(C(C)C)c2cccn2c2c(F)cc(F)cc12. The van der Waals surface area contributed by atoms with Crippen LogP contribution in [0.4, 0.5) is 8.78 Å². The van der Waals surface area contributed by atoms with Crippen LogP contribution in [0.1, 0.15) is 39.2 Å². The molecule has 1 aromatic carbocycles. The van der Waals surface area contributed by atoms with Crippen LogP contribution in [0, 0.1) is 11.6 Å². The van der Waals surface area contributed by atoms with E-state index in [-0.39, 0.29) is 35.3 Å². The Morgan fingerprint density at radius 3 is 2.38 bits per heavy atom. The maximum absolute atomic E-state index is 14.7. The van der Waals surface area contributed by atoms with E-state index in [9.17, 15) is 13.3 Å². The first-order valence-electron chi connectivity index (χ1n) is 8.65. The van der Waals surface area contributed by atoms with E-state index < -0.39 is 19.2 Å². The molecule has 140 valence electrons. The summed E-state index contributed by atoms with van der Waals surface area (Å²) < 4.78 is 55.2. The summed E-state index contributed by atoms with van der Waals surface area (Å²) in [6.45, 7) is 7.60. The topological polar surface area (TPSA) is 39.9 Å². The Bertz CT molecular complexity index is 1000. The van der Waals surface area contributed by atoms with Crippen molar-refractivity contribution in [1.29, 1.82) is 0 Å². The summed E-state index contributed by atoms with van der Waals surface area (Å²) in [5, 5.41) is 0.455. The predicted molar refractivity (Wildman–Crippen MR) is 99.4 cm³/mol. The van der Waals surface area contributed by atoms with Crippen LogP contribution in [0.25, 0.3) is 16.4 Å². The number of hydrogen-bond donors (Lipinski definition) is 0. The molecule has 0 amide bonds. The molecule has 3 aromatic rings. The average molecular weight is 381 g/mol. The first-order chi connectivity index (χ1) is 12.3. The van der Waals surface area contributed by atoms with Gasteiger partial charge in [0.05, 0.1) is 29.6 Å². The van der Waals surface area contributed by atoms with E-state index in [1.54, 1.807) is 30.5 Å². The van der Waals surface area contributed by atoms with Crippen LogP contribution in [0.15, 0.2) is 30.5 Å². The van der Waals surface area contributed by atoms with E-state index >= 15 is 0 Å². The Morgan fingerprint density at radius 2 is 1.81 bits per heavy atom. The van der Waals surface area contributed by atoms with Crippen molar-refractivity contribution >= 4 is 29.3 Å². The fourth-order valence-corrected chi connectivity index (χ4v) is 5.57. The fraction of sp³-hybridized carbons (Fsp3) is 0.368. The first-order valence-corrected chi connectivity index (χ1v) is 10.2. The third-order valence-electron chi connectivity index (χ3n) is 4.25. The van der Waals surface area contributed by atoms with Gasteiger partial charge in [-0.2, -0.15) is 0 Å². The van der Waals surface area contributed by atoms with Gasteiger partial charge >= 0.3 is 7.60 Å². The minimum atomic E-state index is -3.78. The third-order valence-corrected chi connectivity index (χ3v) is 6.48. The summed E-state index contributed by atoms with van der Waals surface area (Å²) in [5.41, 5.74) is 1.57. The van der Waals surface area contributed by atoms with Gasteiger partial charge in [-0.15, -0.1) is 0 Å². The van der Waals surface area contributed by atoms with E-state index in [1.165, 1.54) is 6.07 Å². The highest BCUT2D eigenvalue weighted by molar-refractivity contribution is 7.63. The largest absolute Gasteiger partial charge is 0.362 e. The van der Waals surface area contributed by atoms with Crippen molar-refractivity contribution in [3.63, 3.8) is 0 Å².